The molecule has 0 atom stereocenters. The van der Waals surface area contributed by atoms with Gasteiger partial charge in [0.2, 0.25) is 0 Å². The Morgan fingerprint density at radius 3 is 2.59 bits per heavy atom. The van der Waals surface area contributed by atoms with Gasteiger partial charge in [-0.05, 0) is 68.5 Å². The molecule has 1 saturated heterocycles. The van der Waals surface area contributed by atoms with Crippen LogP contribution in [0.1, 0.15) is 40.0 Å². The molecule has 2 heterocycles. The number of hydrogen-bond acceptors (Lipinski definition) is 4. The Balaban J connectivity index is 1.42. The van der Waals surface area contributed by atoms with Crippen LogP contribution in [-0.2, 0) is 0 Å². The van der Waals surface area contributed by atoms with Crippen molar-refractivity contribution >= 4 is 23.1 Å². The average Bonchev–Trinajstić information content (AvgIpc) is 3.26. The summed E-state index contributed by atoms with van der Waals surface area (Å²) in [5, 5.41) is 6.01. The Hall–Kier alpha value is -1.92. The van der Waals surface area contributed by atoms with Gasteiger partial charge in [0.25, 0.3) is 0 Å². The van der Waals surface area contributed by atoms with E-state index in [0.29, 0.717) is 0 Å². The first kappa shape index (κ1) is 21.8. The second-order valence-electron chi connectivity index (χ2n) is 8.35. The van der Waals surface area contributed by atoms with E-state index in [1.807, 2.05) is 40.7 Å². The van der Waals surface area contributed by atoms with E-state index in [0.717, 1.165) is 60.6 Å². The summed E-state index contributed by atoms with van der Waals surface area (Å²) in [6.07, 6.45) is 5.27. The number of likely N-dealkylation sites (tertiary alicyclic amines) is 1. The van der Waals surface area contributed by atoms with E-state index in [2.05, 4.69) is 36.0 Å². The van der Waals surface area contributed by atoms with Crippen molar-refractivity contribution in [2.45, 2.75) is 40.0 Å². The van der Waals surface area contributed by atoms with Crippen LogP contribution in [0, 0.1) is 11.8 Å². The van der Waals surface area contributed by atoms with Gasteiger partial charge in [0.15, 0.2) is 0 Å². The van der Waals surface area contributed by atoms with Crippen molar-refractivity contribution in [3.05, 3.63) is 35.8 Å². The van der Waals surface area contributed by atoms with E-state index in [9.17, 15) is 4.79 Å². The van der Waals surface area contributed by atoms with E-state index in [1.54, 1.807) is 11.3 Å². The van der Waals surface area contributed by atoms with Gasteiger partial charge in [-0.15, -0.1) is 11.3 Å². The Labute approximate surface area is 179 Å². The Bertz CT molecular complexity index is 737. The van der Waals surface area contributed by atoms with E-state index in [4.69, 9.17) is 0 Å². The van der Waals surface area contributed by atoms with E-state index in [1.165, 1.54) is 19.5 Å². The number of nitrogens with one attached hydrogen (secondary N) is 1. The zero-order valence-electron chi connectivity index (χ0n) is 17.9. The van der Waals surface area contributed by atoms with Crippen molar-refractivity contribution in [1.82, 2.24) is 14.8 Å². The minimum atomic E-state index is 0.0143. The third kappa shape index (κ3) is 6.54. The van der Waals surface area contributed by atoms with Gasteiger partial charge in [-0.1, -0.05) is 20.8 Å². The van der Waals surface area contributed by atoms with Crippen LogP contribution in [0.25, 0.3) is 10.6 Å². The minimum Gasteiger partial charge on any atom is -0.325 e. The molecule has 5 nitrogen and oxygen atoms in total. The lowest BCUT2D eigenvalue weighted by molar-refractivity contribution is 0.168. The Morgan fingerprint density at radius 2 is 2.00 bits per heavy atom. The quantitative estimate of drug-likeness (QED) is 0.627. The summed E-state index contributed by atoms with van der Waals surface area (Å²) >= 11 is 1.62. The molecule has 6 heteroatoms. The molecule has 0 saturated carbocycles. The maximum absolute atomic E-state index is 12.6. The summed E-state index contributed by atoms with van der Waals surface area (Å²) < 4.78 is 0. The number of piperidine rings is 1. The van der Waals surface area contributed by atoms with Gasteiger partial charge >= 0.3 is 6.03 Å². The lowest BCUT2D eigenvalue weighted by Crippen LogP contribution is -2.41. The highest BCUT2D eigenvalue weighted by atomic mass is 32.1. The lowest BCUT2D eigenvalue weighted by atomic mass is 9.93. The molecule has 0 spiro atoms. The van der Waals surface area contributed by atoms with Crippen molar-refractivity contribution in [3.8, 4) is 10.6 Å². The molecule has 0 unspecified atom stereocenters. The summed E-state index contributed by atoms with van der Waals surface area (Å²) in [6, 6.07) is 7.94. The maximum atomic E-state index is 12.6. The fourth-order valence-corrected chi connectivity index (χ4v) is 4.59. The molecular weight excluding hydrogens is 380 g/mol. The summed E-state index contributed by atoms with van der Waals surface area (Å²) in [6.45, 7) is 12.0. The second kappa shape index (κ2) is 10.7. The maximum Gasteiger partial charge on any atom is 0.321 e. The Morgan fingerprint density at radius 1 is 1.28 bits per heavy atom. The van der Waals surface area contributed by atoms with Crippen molar-refractivity contribution in [3.63, 3.8) is 0 Å². The molecule has 1 aromatic carbocycles. The molecule has 2 amide bonds. The van der Waals surface area contributed by atoms with Gasteiger partial charge < -0.3 is 15.1 Å². The molecule has 2 aromatic rings. The monoisotopic (exact) mass is 414 g/mol. The number of carbonyl (C=O) groups excluding carboxylic acids is 1. The molecule has 1 aliphatic rings. The normalized spacial score (nSPS) is 15.3. The number of carbonyl (C=O) groups is 1. The number of amides is 2. The highest BCUT2D eigenvalue weighted by Crippen LogP contribution is 2.24. The van der Waals surface area contributed by atoms with Gasteiger partial charge in [0.1, 0.15) is 5.01 Å². The summed E-state index contributed by atoms with van der Waals surface area (Å²) in [4.78, 5) is 21.5. The summed E-state index contributed by atoms with van der Waals surface area (Å²) in [5.41, 5.74) is 1.92. The number of anilines is 1. The predicted octanol–water partition coefficient (Wildman–Crippen LogP) is 5.42. The first-order valence-electron chi connectivity index (χ1n) is 10.8. The van der Waals surface area contributed by atoms with Crippen LogP contribution in [0.2, 0.25) is 0 Å². The average molecular weight is 415 g/mol. The van der Waals surface area contributed by atoms with E-state index in [-0.39, 0.29) is 6.03 Å². The van der Waals surface area contributed by atoms with Crippen molar-refractivity contribution in [2.75, 3.05) is 38.0 Å². The topological polar surface area (TPSA) is 48.5 Å². The first-order chi connectivity index (χ1) is 14.0. The van der Waals surface area contributed by atoms with Crippen LogP contribution in [0.4, 0.5) is 10.5 Å². The summed E-state index contributed by atoms with van der Waals surface area (Å²) in [5.74, 6) is 1.45. The number of aromatic nitrogens is 1. The standard InChI is InChI=1S/C23H34N4OS/c1-4-26(17-18(2)3)13-9-19-10-14-27(15-11-19)23(28)25-21-7-5-20(6-8-21)22-24-12-16-29-22/h5-8,12,16,18-19H,4,9-11,13-15,17H2,1-3H3,(H,25,28). The fraction of sp³-hybridized carbons (Fsp3) is 0.565. The molecule has 1 fully saturated rings. The lowest BCUT2D eigenvalue weighted by Gasteiger charge is -2.33. The number of nitrogens with zero attached hydrogens (tertiary/aromatic N) is 3. The molecule has 3 rings (SSSR count). The van der Waals surface area contributed by atoms with E-state index >= 15 is 0 Å². The molecule has 29 heavy (non-hydrogen) atoms. The molecule has 0 aliphatic carbocycles. The molecule has 158 valence electrons. The second-order valence-corrected chi connectivity index (χ2v) is 9.25. The minimum absolute atomic E-state index is 0.0143. The highest BCUT2D eigenvalue weighted by Gasteiger charge is 2.23. The van der Waals surface area contributed by atoms with Gasteiger partial charge in [-0.2, -0.15) is 0 Å². The zero-order chi connectivity index (χ0) is 20.6. The molecule has 1 aliphatic heterocycles. The third-order valence-electron chi connectivity index (χ3n) is 5.64. The Kier molecular flexibility index (Phi) is 8.07. The van der Waals surface area contributed by atoms with Crippen LogP contribution in [-0.4, -0.2) is 53.5 Å². The van der Waals surface area contributed by atoms with E-state index < -0.39 is 0 Å². The highest BCUT2D eigenvalue weighted by molar-refractivity contribution is 7.13. The summed E-state index contributed by atoms with van der Waals surface area (Å²) in [7, 11) is 0. The van der Waals surface area contributed by atoms with Crippen molar-refractivity contribution in [1.29, 1.82) is 0 Å². The third-order valence-corrected chi connectivity index (χ3v) is 6.46. The molecular formula is C23H34N4OS. The molecule has 1 N–H and O–H groups in total. The SMILES string of the molecule is CCN(CCC1CCN(C(=O)Nc2ccc(-c3nccs3)cc2)CC1)CC(C)C. The number of hydrogen-bond donors (Lipinski definition) is 1. The first-order valence-corrected chi connectivity index (χ1v) is 11.7. The number of thiazole rings is 1. The zero-order valence-corrected chi connectivity index (χ0v) is 18.8. The number of benzene rings is 1. The van der Waals surface area contributed by atoms with Gasteiger partial charge in [0, 0.05) is 42.5 Å². The number of urea groups is 1. The largest absolute Gasteiger partial charge is 0.325 e. The van der Waals surface area contributed by atoms with Crippen LogP contribution < -0.4 is 5.32 Å². The van der Waals surface area contributed by atoms with Crippen molar-refractivity contribution in [2.24, 2.45) is 11.8 Å². The van der Waals surface area contributed by atoms with Crippen LogP contribution >= 0.6 is 11.3 Å². The van der Waals surface area contributed by atoms with Crippen LogP contribution in [0.3, 0.4) is 0 Å². The van der Waals surface area contributed by atoms with Gasteiger partial charge in [-0.25, -0.2) is 9.78 Å². The van der Waals surface area contributed by atoms with Crippen LogP contribution in [0.15, 0.2) is 35.8 Å². The molecule has 0 bridgehead atoms. The number of rotatable bonds is 8. The molecule has 1 aromatic heterocycles. The van der Waals surface area contributed by atoms with Crippen molar-refractivity contribution < 1.29 is 4.79 Å². The smallest absolute Gasteiger partial charge is 0.321 e. The van der Waals surface area contributed by atoms with Gasteiger partial charge in [0.05, 0.1) is 0 Å². The molecule has 0 radical (unpaired) electrons. The fourth-order valence-electron chi connectivity index (χ4n) is 3.95. The van der Waals surface area contributed by atoms with Gasteiger partial charge in [-0.3, -0.25) is 0 Å². The predicted molar refractivity (Wildman–Crippen MR) is 122 cm³/mol. The van der Waals surface area contributed by atoms with Crippen LogP contribution in [0.5, 0.6) is 0 Å².